The molecule has 0 spiro atoms. The van der Waals surface area contributed by atoms with Crippen molar-refractivity contribution in [2.45, 2.75) is 6.92 Å². The van der Waals surface area contributed by atoms with Gasteiger partial charge in [-0.1, -0.05) is 6.92 Å². The number of thiocarbonyl (C=S) groups is 1. The fourth-order valence-corrected chi connectivity index (χ4v) is 0. The molecule has 27 valence electrons. The summed E-state index contributed by atoms with van der Waals surface area (Å²) in [5.41, 5.74) is 0. The molecule has 0 amide bonds. The molecule has 0 bridgehead atoms. The van der Waals surface area contributed by atoms with Gasteiger partial charge in [0.05, 0.1) is 0 Å². The minimum Gasteiger partial charge on any atom is -0.368 e. The van der Waals surface area contributed by atoms with Gasteiger partial charge in [-0.3, -0.25) is 0 Å². The molecule has 1 radical (unpaired) electrons. The Morgan fingerprint density at radius 1 is 1.80 bits per heavy atom. The monoisotopic (exact) mass is 162 g/mol. The summed E-state index contributed by atoms with van der Waals surface area (Å²) in [6, 6.07) is 0. The van der Waals surface area contributed by atoms with Gasteiger partial charge >= 0.3 is 0 Å². The average molecular weight is 162 g/mol. The van der Waals surface area contributed by atoms with Gasteiger partial charge in [0.2, 0.25) is 0 Å². The molecule has 0 N–H and O–H groups in total. The minimum atomic E-state index is 0. The largest absolute Gasteiger partial charge is 0.368 e. The molecule has 0 aliphatic carbocycles. The normalized spacial score (nSPS) is 5.00. The third kappa shape index (κ3) is 42.0. The van der Waals surface area contributed by atoms with Gasteiger partial charge in [-0.2, -0.15) is 4.86 Å². The van der Waals surface area contributed by atoms with E-state index in [9.17, 15) is 0 Å². The Balaban J connectivity index is 0. The van der Waals surface area contributed by atoms with Crippen LogP contribution in [0.3, 0.4) is 0 Å². The maximum absolute atomic E-state index is 4.43. The average Bonchev–Trinajstić information content (AvgIpc) is 0.811. The van der Waals surface area contributed by atoms with E-state index in [1.165, 1.54) is 0 Å². The summed E-state index contributed by atoms with van der Waals surface area (Å²) in [6.07, 6.45) is 0. The second-order valence-corrected chi connectivity index (χ2v) is 1.40. The van der Waals surface area contributed by atoms with Gasteiger partial charge in [0.15, 0.2) is 0 Å². The molecule has 0 fully saturated rings. The fourth-order valence-electron chi connectivity index (χ4n) is 0. The van der Waals surface area contributed by atoms with E-state index in [-0.39, 0.29) is 32.7 Å². The predicted octanol–water partition coefficient (Wildman–Crippen LogP) is 1.21. The molecule has 0 aliphatic heterocycles. The second-order valence-electron chi connectivity index (χ2n) is 0.702. The summed E-state index contributed by atoms with van der Waals surface area (Å²) in [4.78, 5) is 0.750. The van der Waals surface area contributed by atoms with Gasteiger partial charge in [0.1, 0.15) is 0 Å². The van der Waals surface area contributed by atoms with Crippen LogP contribution in [0.25, 0.3) is 0 Å². The van der Waals surface area contributed by atoms with Crippen molar-refractivity contribution in [3.63, 3.8) is 0 Å². The summed E-state index contributed by atoms with van der Waals surface area (Å²) in [5, 5.41) is 0. The van der Waals surface area contributed by atoms with Crippen LogP contribution in [-0.2, 0) is 32.7 Å². The first-order valence-electron chi connectivity index (χ1n) is 1.06. The molecular formula is C3H5SY-. The van der Waals surface area contributed by atoms with Crippen molar-refractivity contribution < 1.29 is 32.7 Å². The Hall–Kier alpha value is 1.06. The van der Waals surface area contributed by atoms with Gasteiger partial charge in [-0.25, -0.2) is 0 Å². The molecule has 0 rings (SSSR count). The van der Waals surface area contributed by atoms with Gasteiger partial charge in [0, 0.05) is 32.7 Å². The van der Waals surface area contributed by atoms with E-state index in [0.29, 0.717) is 0 Å². The molecule has 0 nitrogen and oxygen atoms in total. The van der Waals surface area contributed by atoms with E-state index in [4.69, 9.17) is 0 Å². The number of hydrogen-bond donors (Lipinski definition) is 0. The van der Waals surface area contributed by atoms with Crippen LogP contribution in [0.15, 0.2) is 0 Å². The zero-order chi connectivity index (χ0) is 3.58. The first-order chi connectivity index (χ1) is 1.73. The second kappa shape index (κ2) is 5.06. The van der Waals surface area contributed by atoms with E-state index in [1.807, 2.05) is 0 Å². The van der Waals surface area contributed by atoms with Crippen molar-refractivity contribution in [3.8, 4) is 0 Å². The van der Waals surface area contributed by atoms with Crippen LogP contribution in [-0.4, -0.2) is 4.86 Å². The molecule has 0 heterocycles. The SMILES string of the molecule is [CH2-]C(C)=S.[Y]. The Kier molecular flexibility index (Phi) is 9.54. The van der Waals surface area contributed by atoms with Gasteiger partial charge < -0.3 is 6.92 Å². The molecule has 0 aliphatic rings. The van der Waals surface area contributed by atoms with Crippen molar-refractivity contribution >= 4 is 17.1 Å². The van der Waals surface area contributed by atoms with Gasteiger partial charge in [0.25, 0.3) is 0 Å². The van der Waals surface area contributed by atoms with Crippen LogP contribution in [0.4, 0.5) is 0 Å². The van der Waals surface area contributed by atoms with E-state index in [0.717, 1.165) is 4.86 Å². The standard InChI is InChI=1S/C3H5S.Y/c1-3(2)4;/h1H2,2H3;/q-1;. The molecule has 0 saturated carbocycles. The maximum atomic E-state index is 4.43. The van der Waals surface area contributed by atoms with Crippen LogP contribution in [0, 0.1) is 6.92 Å². The molecule has 0 saturated heterocycles. The summed E-state index contributed by atoms with van der Waals surface area (Å²) in [7, 11) is 0. The van der Waals surface area contributed by atoms with Gasteiger partial charge in [-0.15, -0.1) is 12.2 Å². The first-order valence-corrected chi connectivity index (χ1v) is 1.47. The summed E-state index contributed by atoms with van der Waals surface area (Å²) >= 11 is 4.43. The van der Waals surface area contributed by atoms with Crippen LogP contribution in [0.5, 0.6) is 0 Å². The molecule has 0 aromatic carbocycles. The van der Waals surface area contributed by atoms with Crippen LogP contribution in [0.2, 0.25) is 0 Å². The zero-order valence-corrected chi connectivity index (χ0v) is 6.85. The van der Waals surface area contributed by atoms with Crippen molar-refractivity contribution in [2.75, 3.05) is 0 Å². The summed E-state index contributed by atoms with van der Waals surface area (Å²) < 4.78 is 0. The minimum absolute atomic E-state index is 0. The van der Waals surface area contributed by atoms with E-state index in [2.05, 4.69) is 19.1 Å². The van der Waals surface area contributed by atoms with Crippen molar-refractivity contribution in [1.82, 2.24) is 0 Å². The quantitative estimate of drug-likeness (QED) is 0.381. The third-order valence-corrected chi connectivity index (χ3v) is 0. The Morgan fingerprint density at radius 2 is 1.80 bits per heavy atom. The first kappa shape index (κ1) is 9.42. The number of rotatable bonds is 0. The molecule has 0 aromatic rings. The van der Waals surface area contributed by atoms with Crippen LogP contribution < -0.4 is 0 Å². The molecule has 0 aromatic heterocycles. The smallest absolute Gasteiger partial charge is 0 e. The summed E-state index contributed by atoms with van der Waals surface area (Å²) in [5.74, 6) is 0. The molecular weight excluding hydrogens is 157 g/mol. The number of hydrogen-bond acceptors (Lipinski definition) is 1. The molecule has 5 heavy (non-hydrogen) atoms. The zero-order valence-electron chi connectivity index (χ0n) is 3.19. The Bertz CT molecular complexity index is 29.9. The van der Waals surface area contributed by atoms with Crippen molar-refractivity contribution in [1.29, 1.82) is 0 Å². The third-order valence-electron chi connectivity index (χ3n) is 0. The van der Waals surface area contributed by atoms with E-state index in [1.54, 1.807) is 6.92 Å². The van der Waals surface area contributed by atoms with Crippen LogP contribution >= 0.6 is 12.2 Å². The molecule has 0 unspecified atom stereocenters. The molecule has 0 atom stereocenters. The maximum Gasteiger partial charge on any atom is 0 e. The predicted molar refractivity (Wildman–Crippen MR) is 23.6 cm³/mol. The fraction of sp³-hybridized carbons (Fsp3) is 0.333. The van der Waals surface area contributed by atoms with Crippen molar-refractivity contribution in [3.05, 3.63) is 6.92 Å². The van der Waals surface area contributed by atoms with E-state index < -0.39 is 0 Å². The molecule has 2 heteroatoms. The Labute approximate surface area is 63.2 Å². The van der Waals surface area contributed by atoms with E-state index >= 15 is 0 Å². The van der Waals surface area contributed by atoms with Crippen LogP contribution in [0.1, 0.15) is 6.92 Å². The Morgan fingerprint density at radius 3 is 1.80 bits per heavy atom. The van der Waals surface area contributed by atoms with Crippen molar-refractivity contribution in [2.24, 2.45) is 0 Å². The summed E-state index contributed by atoms with van der Waals surface area (Å²) in [6.45, 7) is 5.16. The van der Waals surface area contributed by atoms with Gasteiger partial charge in [-0.05, 0) is 0 Å². The topological polar surface area (TPSA) is 0 Å².